The summed E-state index contributed by atoms with van der Waals surface area (Å²) in [5.74, 6) is 0.213. The minimum atomic E-state index is -3.79. The second-order valence-corrected chi connectivity index (χ2v) is 8.29. The zero-order valence-electron chi connectivity index (χ0n) is 15.5. The van der Waals surface area contributed by atoms with Crippen LogP contribution in [0, 0.1) is 13.8 Å². The van der Waals surface area contributed by atoms with Crippen molar-refractivity contribution in [2.24, 2.45) is 0 Å². The molecule has 1 aliphatic rings. The lowest BCUT2D eigenvalue weighted by molar-refractivity contribution is -0.123. The van der Waals surface area contributed by atoms with Crippen molar-refractivity contribution in [3.8, 4) is 0 Å². The number of carbonyl (C=O) groups is 1. The van der Waals surface area contributed by atoms with Crippen LogP contribution in [0.5, 0.6) is 0 Å². The quantitative estimate of drug-likeness (QED) is 0.663. The lowest BCUT2D eigenvalue weighted by Crippen LogP contribution is -2.36. The number of aryl methyl sites for hydroxylation is 2. The number of benzene rings is 1. The molecule has 3 rings (SSSR count). The molecule has 1 fully saturated rings. The summed E-state index contributed by atoms with van der Waals surface area (Å²) in [6.07, 6.45) is 1.55. The van der Waals surface area contributed by atoms with Crippen LogP contribution in [0.3, 0.4) is 0 Å². The number of hydrogen-bond acceptors (Lipinski definition) is 6. The van der Waals surface area contributed by atoms with Gasteiger partial charge in [-0.1, -0.05) is 17.3 Å². The van der Waals surface area contributed by atoms with E-state index in [0.29, 0.717) is 24.5 Å². The second-order valence-electron chi connectivity index (χ2n) is 6.67. The molecular weight excluding hydrogens is 370 g/mol. The molecule has 1 aliphatic carbocycles. The van der Waals surface area contributed by atoms with Crippen LogP contribution in [-0.4, -0.2) is 39.7 Å². The number of amides is 1. The number of aromatic nitrogens is 1. The fraction of sp³-hybridized carbons (Fsp3) is 0.444. The van der Waals surface area contributed by atoms with Gasteiger partial charge in [0, 0.05) is 19.3 Å². The number of anilines is 1. The summed E-state index contributed by atoms with van der Waals surface area (Å²) in [6, 6.07) is 6.89. The minimum absolute atomic E-state index is 0.0244. The van der Waals surface area contributed by atoms with E-state index in [1.54, 1.807) is 45.2 Å². The van der Waals surface area contributed by atoms with Gasteiger partial charge in [0.25, 0.3) is 10.0 Å². The zero-order chi connectivity index (χ0) is 19.7. The Hall–Kier alpha value is -2.39. The van der Waals surface area contributed by atoms with Crippen molar-refractivity contribution in [2.75, 3.05) is 25.0 Å². The third kappa shape index (κ3) is 3.84. The summed E-state index contributed by atoms with van der Waals surface area (Å²) in [7, 11) is -2.21. The van der Waals surface area contributed by atoms with Crippen LogP contribution in [0.2, 0.25) is 0 Å². The van der Waals surface area contributed by atoms with Gasteiger partial charge >= 0.3 is 0 Å². The summed E-state index contributed by atoms with van der Waals surface area (Å²) < 4.78 is 37.5. The first-order valence-corrected chi connectivity index (χ1v) is 10.1. The molecule has 0 spiro atoms. The molecule has 0 bridgehead atoms. The average Bonchev–Trinajstić information content (AvgIpc) is 3.35. The van der Waals surface area contributed by atoms with Crippen LogP contribution in [0.15, 0.2) is 33.7 Å². The molecule has 1 heterocycles. The van der Waals surface area contributed by atoms with Gasteiger partial charge in [0.1, 0.15) is 5.69 Å². The number of ether oxygens (including phenoxy) is 1. The number of nitrogens with zero attached hydrogens (tertiary/aromatic N) is 1. The van der Waals surface area contributed by atoms with E-state index in [0.717, 1.165) is 18.4 Å². The minimum Gasteiger partial charge on any atom is -0.383 e. The highest BCUT2D eigenvalue weighted by molar-refractivity contribution is 7.92. The van der Waals surface area contributed by atoms with E-state index in [9.17, 15) is 13.2 Å². The monoisotopic (exact) mass is 393 g/mol. The fourth-order valence-electron chi connectivity index (χ4n) is 3.13. The summed E-state index contributed by atoms with van der Waals surface area (Å²) in [6.45, 7) is 4.06. The maximum atomic E-state index is 12.6. The molecule has 0 aliphatic heterocycles. The van der Waals surface area contributed by atoms with Crippen LogP contribution in [0.4, 0.5) is 5.69 Å². The lowest BCUT2D eigenvalue weighted by Gasteiger charge is -2.16. The van der Waals surface area contributed by atoms with Crippen LogP contribution >= 0.6 is 0 Å². The van der Waals surface area contributed by atoms with Gasteiger partial charge in [-0.25, -0.2) is 8.42 Å². The Kier molecular flexibility index (Phi) is 5.25. The number of nitrogens with one attached hydrogen (secondary N) is 2. The number of methoxy groups -OCH3 is 1. The summed E-state index contributed by atoms with van der Waals surface area (Å²) in [5.41, 5.74) is 1.07. The normalized spacial score (nSPS) is 15.4. The molecule has 2 aromatic rings. The van der Waals surface area contributed by atoms with E-state index in [1.165, 1.54) is 0 Å². The highest BCUT2D eigenvalue weighted by Crippen LogP contribution is 2.48. The molecule has 1 saturated carbocycles. The van der Waals surface area contributed by atoms with Crippen LogP contribution < -0.4 is 10.0 Å². The summed E-state index contributed by atoms with van der Waals surface area (Å²) >= 11 is 0. The standard InChI is InChI=1S/C18H23N3O5S/c1-12-16(13(2)26-20-12)27(23,24)21-15-6-4-14(5-7-15)18(8-9-18)17(22)19-10-11-25-3/h4-7,21H,8-11H2,1-3H3,(H,19,22). The second kappa shape index (κ2) is 7.32. The molecule has 146 valence electrons. The number of rotatable bonds is 8. The zero-order valence-corrected chi connectivity index (χ0v) is 16.4. The van der Waals surface area contributed by atoms with Gasteiger partial charge in [-0.15, -0.1) is 0 Å². The highest BCUT2D eigenvalue weighted by Gasteiger charge is 2.51. The van der Waals surface area contributed by atoms with Crippen LogP contribution in [-0.2, 0) is 25.0 Å². The van der Waals surface area contributed by atoms with Gasteiger partial charge in [-0.05, 0) is 44.4 Å². The van der Waals surface area contributed by atoms with E-state index in [4.69, 9.17) is 9.26 Å². The van der Waals surface area contributed by atoms with Gasteiger partial charge in [0.2, 0.25) is 5.91 Å². The van der Waals surface area contributed by atoms with Crippen molar-refractivity contribution in [1.29, 1.82) is 0 Å². The highest BCUT2D eigenvalue weighted by atomic mass is 32.2. The Bertz CT molecular complexity index is 911. The summed E-state index contributed by atoms with van der Waals surface area (Å²) in [5, 5.41) is 6.56. The predicted molar refractivity (Wildman–Crippen MR) is 99.0 cm³/mol. The molecule has 1 aromatic heterocycles. The molecule has 1 aromatic carbocycles. The van der Waals surface area contributed by atoms with E-state index in [-0.39, 0.29) is 16.6 Å². The molecule has 0 unspecified atom stereocenters. The molecule has 0 radical (unpaired) electrons. The number of hydrogen-bond donors (Lipinski definition) is 2. The first kappa shape index (κ1) is 19.4. The van der Waals surface area contributed by atoms with Gasteiger partial charge in [-0.2, -0.15) is 0 Å². The van der Waals surface area contributed by atoms with Crippen molar-refractivity contribution >= 4 is 21.6 Å². The topological polar surface area (TPSA) is 111 Å². The molecular formula is C18H23N3O5S. The molecule has 0 atom stereocenters. The van der Waals surface area contributed by atoms with Crippen molar-refractivity contribution in [1.82, 2.24) is 10.5 Å². The molecule has 1 amide bonds. The lowest BCUT2D eigenvalue weighted by atomic mass is 9.95. The maximum absolute atomic E-state index is 12.6. The SMILES string of the molecule is COCCNC(=O)C1(c2ccc(NS(=O)(=O)c3c(C)noc3C)cc2)CC1. The van der Waals surface area contributed by atoms with Gasteiger partial charge in [0.15, 0.2) is 10.7 Å². The maximum Gasteiger partial charge on any atom is 0.267 e. The van der Waals surface area contributed by atoms with Crippen molar-refractivity contribution in [3.63, 3.8) is 0 Å². The van der Waals surface area contributed by atoms with Gasteiger partial charge in [0.05, 0.1) is 12.0 Å². The number of sulfonamides is 1. The van der Waals surface area contributed by atoms with Crippen molar-refractivity contribution in [3.05, 3.63) is 41.3 Å². The van der Waals surface area contributed by atoms with Gasteiger partial charge in [-0.3, -0.25) is 9.52 Å². The summed E-state index contributed by atoms with van der Waals surface area (Å²) in [4.78, 5) is 12.5. The Balaban J connectivity index is 1.74. The van der Waals surface area contributed by atoms with Gasteiger partial charge < -0.3 is 14.6 Å². The Morgan fingerprint density at radius 3 is 2.44 bits per heavy atom. The van der Waals surface area contributed by atoms with Crippen molar-refractivity contribution < 1.29 is 22.5 Å². The van der Waals surface area contributed by atoms with Crippen LogP contribution in [0.25, 0.3) is 0 Å². The smallest absolute Gasteiger partial charge is 0.267 e. The van der Waals surface area contributed by atoms with E-state index >= 15 is 0 Å². The van der Waals surface area contributed by atoms with E-state index in [2.05, 4.69) is 15.2 Å². The number of carbonyl (C=O) groups excluding carboxylic acids is 1. The Morgan fingerprint density at radius 2 is 1.93 bits per heavy atom. The first-order valence-electron chi connectivity index (χ1n) is 8.63. The predicted octanol–water partition coefficient (Wildman–Crippen LogP) is 1.89. The third-order valence-electron chi connectivity index (χ3n) is 4.70. The molecule has 2 N–H and O–H groups in total. The van der Waals surface area contributed by atoms with Crippen LogP contribution in [0.1, 0.15) is 29.9 Å². The largest absolute Gasteiger partial charge is 0.383 e. The fourth-order valence-corrected chi connectivity index (χ4v) is 4.52. The van der Waals surface area contributed by atoms with E-state index < -0.39 is 15.4 Å². The first-order chi connectivity index (χ1) is 12.8. The Labute approximate surface area is 158 Å². The third-order valence-corrected chi connectivity index (χ3v) is 6.33. The molecule has 0 saturated heterocycles. The Morgan fingerprint density at radius 1 is 1.26 bits per heavy atom. The average molecular weight is 393 g/mol. The molecule has 8 nitrogen and oxygen atoms in total. The molecule has 9 heteroatoms. The molecule has 27 heavy (non-hydrogen) atoms. The van der Waals surface area contributed by atoms with Crippen molar-refractivity contribution in [2.45, 2.75) is 37.0 Å². The van der Waals surface area contributed by atoms with E-state index in [1.807, 2.05) is 0 Å².